The number of aromatic amines is 1. The standard InChI is InChI=1S/C7H5NO3S.C5H6N2/c9-7-5-3-1-2-4-6(5)12(10,11)8-7;6-5-3-1-2-4-7-5/h1-4H,(H,8,9);1-4H,(H2,6,7). The topological polar surface area (TPSA) is 110 Å². The third kappa shape index (κ3) is 2.89. The van der Waals surface area contributed by atoms with Gasteiger partial charge >= 0.3 is 0 Å². The van der Waals surface area contributed by atoms with Crippen LogP contribution >= 0.6 is 0 Å². The highest BCUT2D eigenvalue weighted by atomic mass is 32.2. The summed E-state index contributed by atoms with van der Waals surface area (Å²) >= 11 is 0. The summed E-state index contributed by atoms with van der Waals surface area (Å²) in [5.74, 6) is 0.0214. The number of H-pyrrole nitrogens is 1. The number of hydrogen-bond acceptors (Lipinski definition) is 4. The second-order valence-corrected chi connectivity index (χ2v) is 5.26. The van der Waals surface area contributed by atoms with E-state index in [9.17, 15) is 13.5 Å². The number of aromatic nitrogens is 1. The second kappa shape index (κ2) is 5.07. The van der Waals surface area contributed by atoms with Crippen molar-refractivity contribution in [1.29, 1.82) is 0 Å². The van der Waals surface area contributed by atoms with E-state index in [1.165, 1.54) is 12.1 Å². The highest BCUT2D eigenvalue weighted by Gasteiger charge is 2.22. The summed E-state index contributed by atoms with van der Waals surface area (Å²) in [6.45, 7) is 0. The van der Waals surface area contributed by atoms with E-state index in [1.54, 1.807) is 24.4 Å². The Balaban J connectivity index is 0.000000163. The minimum atomic E-state index is -3.68. The lowest BCUT2D eigenvalue weighted by molar-refractivity contribution is -0.360. The van der Waals surface area contributed by atoms with Crippen LogP contribution in [0.3, 0.4) is 0 Å². The lowest BCUT2D eigenvalue weighted by Gasteiger charge is -2.01. The second-order valence-electron chi connectivity index (χ2n) is 3.69. The molecule has 7 heteroatoms. The molecule has 6 nitrogen and oxygen atoms in total. The molecule has 1 aromatic heterocycles. The van der Waals surface area contributed by atoms with E-state index in [0.29, 0.717) is 5.82 Å². The maximum absolute atomic E-state index is 11.1. The molecule has 0 unspecified atom stereocenters. The molecular formula is C12H11N3O3S. The summed E-state index contributed by atoms with van der Waals surface area (Å²) in [7, 11) is -3.68. The maximum atomic E-state index is 11.1. The van der Waals surface area contributed by atoms with Gasteiger partial charge in [0.05, 0.1) is 11.1 Å². The van der Waals surface area contributed by atoms with E-state index < -0.39 is 15.9 Å². The quantitative estimate of drug-likeness (QED) is 0.705. The van der Waals surface area contributed by atoms with Crippen LogP contribution < -0.4 is 15.8 Å². The molecule has 0 spiro atoms. The molecule has 0 radical (unpaired) electrons. The predicted octanol–water partition coefficient (Wildman–Crippen LogP) is -0.421. The molecule has 0 saturated heterocycles. The van der Waals surface area contributed by atoms with Crippen molar-refractivity contribution in [1.82, 2.24) is 0 Å². The fourth-order valence-electron chi connectivity index (χ4n) is 1.48. The number of nitrogen functional groups attached to an aromatic ring is 1. The van der Waals surface area contributed by atoms with Crippen LogP contribution in [0.2, 0.25) is 0 Å². The van der Waals surface area contributed by atoms with E-state index in [1.807, 2.05) is 12.1 Å². The highest BCUT2D eigenvalue weighted by Crippen LogP contribution is 2.23. The summed E-state index contributed by atoms with van der Waals surface area (Å²) in [6, 6.07) is 11.6. The van der Waals surface area contributed by atoms with Crippen LogP contribution in [-0.4, -0.2) is 14.3 Å². The van der Waals surface area contributed by atoms with Gasteiger partial charge in [-0.3, -0.25) is 5.73 Å². The van der Waals surface area contributed by atoms with Crippen molar-refractivity contribution in [2.75, 3.05) is 5.73 Å². The Labute approximate surface area is 110 Å². The fourth-order valence-corrected chi connectivity index (χ4v) is 2.58. The van der Waals surface area contributed by atoms with E-state index in [4.69, 9.17) is 5.73 Å². The number of benzene rings is 1. The van der Waals surface area contributed by atoms with Crippen LogP contribution in [0.15, 0.2) is 58.0 Å². The smallest absolute Gasteiger partial charge is 0.282 e. The number of nitrogens with zero attached hydrogens (tertiary/aromatic N) is 1. The van der Waals surface area contributed by atoms with Gasteiger partial charge in [0.15, 0.2) is 0 Å². The molecule has 0 saturated carbocycles. The number of sulfonamides is 1. The molecule has 0 bridgehead atoms. The van der Waals surface area contributed by atoms with Crippen LogP contribution in [-0.2, 0) is 10.0 Å². The van der Waals surface area contributed by atoms with Crippen molar-refractivity contribution in [2.24, 2.45) is 4.40 Å². The van der Waals surface area contributed by atoms with Gasteiger partial charge in [0.2, 0.25) is 0 Å². The summed E-state index contributed by atoms with van der Waals surface area (Å²) in [5.41, 5.74) is 5.47. The van der Waals surface area contributed by atoms with E-state index in [-0.39, 0.29) is 10.5 Å². The van der Waals surface area contributed by atoms with Gasteiger partial charge in [-0.05, 0) is 12.1 Å². The van der Waals surface area contributed by atoms with E-state index in [0.717, 1.165) is 0 Å². The highest BCUT2D eigenvalue weighted by molar-refractivity contribution is 7.90. The van der Waals surface area contributed by atoms with Gasteiger partial charge in [0, 0.05) is 17.5 Å². The van der Waals surface area contributed by atoms with E-state index in [2.05, 4.69) is 9.38 Å². The fraction of sp³-hybridized carbons (Fsp3) is 0. The van der Waals surface area contributed by atoms with Crippen molar-refractivity contribution in [3.05, 3.63) is 54.2 Å². The molecule has 0 aliphatic carbocycles. The maximum Gasteiger partial charge on any atom is 0.282 e. The number of nitrogens with one attached hydrogen (secondary N) is 1. The predicted molar refractivity (Wildman–Crippen MR) is 67.6 cm³/mol. The Bertz CT molecular complexity index is 712. The number of hydrogen-bond donors (Lipinski definition) is 1. The molecule has 0 fully saturated rings. The molecule has 3 rings (SSSR count). The van der Waals surface area contributed by atoms with Crippen LogP contribution in [0.4, 0.5) is 5.82 Å². The van der Waals surface area contributed by atoms with Crippen LogP contribution in [0, 0.1) is 0 Å². The van der Waals surface area contributed by atoms with Crippen molar-refractivity contribution in [3.8, 4) is 0 Å². The summed E-state index contributed by atoms with van der Waals surface area (Å²) in [4.78, 5) is 2.82. The molecule has 98 valence electrons. The van der Waals surface area contributed by atoms with Gasteiger partial charge < -0.3 is 5.11 Å². The average Bonchev–Trinajstić information content (AvgIpc) is 2.62. The lowest BCUT2D eigenvalue weighted by Crippen LogP contribution is -2.15. The third-order valence-electron chi connectivity index (χ3n) is 2.33. The van der Waals surface area contributed by atoms with Crippen LogP contribution in [0.5, 0.6) is 0 Å². The first-order valence-electron chi connectivity index (χ1n) is 5.34. The molecule has 2 heterocycles. The SMILES string of the molecule is Nc1cccc[nH+]1.O=S1(=O)N=C([O-])c2ccccc21. The molecule has 2 aromatic rings. The Morgan fingerprint density at radius 1 is 1.11 bits per heavy atom. The van der Waals surface area contributed by atoms with E-state index >= 15 is 0 Å². The zero-order valence-electron chi connectivity index (χ0n) is 9.78. The van der Waals surface area contributed by atoms with Crippen molar-refractivity contribution >= 4 is 21.7 Å². The number of fused-ring (bicyclic) bond motifs is 1. The van der Waals surface area contributed by atoms with Gasteiger partial charge in [0.1, 0.15) is 0 Å². The lowest BCUT2D eigenvalue weighted by atomic mass is 10.2. The first kappa shape index (κ1) is 13.0. The summed E-state index contributed by atoms with van der Waals surface area (Å²) in [5, 5.41) is 10.9. The Hall–Kier alpha value is -2.41. The molecule has 1 aliphatic rings. The Morgan fingerprint density at radius 2 is 1.79 bits per heavy atom. The van der Waals surface area contributed by atoms with Crippen molar-refractivity contribution in [3.63, 3.8) is 0 Å². The largest absolute Gasteiger partial charge is 0.858 e. The van der Waals surface area contributed by atoms with Crippen molar-refractivity contribution < 1.29 is 18.5 Å². The first-order chi connectivity index (χ1) is 9.00. The van der Waals surface area contributed by atoms with Gasteiger partial charge in [-0.1, -0.05) is 24.3 Å². The van der Waals surface area contributed by atoms with Crippen LogP contribution in [0.25, 0.3) is 0 Å². The van der Waals surface area contributed by atoms with Gasteiger partial charge in [0.25, 0.3) is 15.8 Å². The Kier molecular flexibility index (Phi) is 3.48. The first-order valence-corrected chi connectivity index (χ1v) is 6.78. The number of nitrogens with two attached hydrogens (primary N) is 1. The van der Waals surface area contributed by atoms with Gasteiger partial charge in [-0.15, -0.1) is 0 Å². The minimum absolute atomic E-state index is 0.00926. The van der Waals surface area contributed by atoms with Gasteiger partial charge in [-0.25, -0.2) is 4.98 Å². The molecule has 19 heavy (non-hydrogen) atoms. The normalized spacial score (nSPS) is 14.8. The summed E-state index contributed by atoms with van der Waals surface area (Å²) in [6.07, 6.45) is 1.79. The average molecular weight is 277 g/mol. The van der Waals surface area contributed by atoms with Crippen LogP contribution in [0.1, 0.15) is 5.56 Å². The zero-order chi connectivity index (χ0) is 13.9. The zero-order valence-corrected chi connectivity index (χ0v) is 10.6. The Morgan fingerprint density at radius 3 is 2.32 bits per heavy atom. The third-order valence-corrected chi connectivity index (χ3v) is 3.65. The monoisotopic (exact) mass is 277 g/mol. The van der Waals surface area contributed by atoms with Gasteiger partial charge in [-0.2, -0.15) is 12.8 Å². The summed E-state index contributed by atoms with van der Waals surface area (Å²) < 4.78 is 25.2. The molecule has 0 amide bonds. The molecule has 1 aliphatic heterocycles. The number of rotatable bonds is 0. The molecule has 1 aromatic carbocycles. The molecular weight excluding hydrogens is 266 g/mol. The molecule has 0 atom stereocenters. The number of anilines is 1. The minimum Gasteiger partial charge on any atom is -0.858 e. The van der Waals surface area contributed by atoms with Crippen molar-refractivity contribution in [2.45, 2.75) is 4.90 Å². The molecule has 3 N–H and O–H groups in total. The number of pyridine rings is 1.